The maximum Gasteiger partial charge on any atom is 0.291 e. The van der Waals surface area contributed by atoms with Gasteiger partial charge in [0.25, 0.3) is 5.91 Å². The molecule has 3 heterocycles. The first kappa shape index (κ1) is 15.6. The van der Waals surface area contributed by atoms with Gasteiger partial charge in [-0.1, -0.05) is 0 Å². The van der Waals surface area contributed by atoms with Crippen molar-refractivity contribution >= 4 is 11.8 Å². The normalized spacial score (nSPS) is 32.9. The lowest BCUT2D eigenvalue weighted by atomic mass is 9.86. The smallest absolute Gasteiger partial charge is 0.291 e. The van der Waals surface area contributed by atoms with Crippen molar-refractivity contribution in [1.29, 1.82) is 0 Å². The van der Waals surface area contributed by atoms with Gasteiger partial charge in [0.15, 0.2) is 0 Å². The number of H-pyrrole nitrogens is 1. The predicted octanol–water partition coefficient (Wildman–Crippen LogP) is 0.0287. The van der Waals surface area contributed by atoms with Crippen LogP contribution in [0.2, 0.25) is 0 Å². The van der Waals surface area contributed by atoms with E-state index in [-0.39, 0.29) is 35.7 Å². The Labute approximate surface area is 140 Å². The topological polar surface area (TPSA) is 102 Å². The Morgan fingerprint density at radius 2 is 1.96 bits per heavy atom. The van der Waals surface area contributed by atoms with Gasteiger partial charge in [-0.2, -0.15) is 5.10 Å². The van der Waals surface area contributed by atoms with Crippen molar-refractivity contribution in [2.24, 2.45) is 11.8 Å². The molecule has 2 amide bonds. The van der Waals surface area contributed by atoms with E-state index in [1.165, 1.54) is 6.33 Å². The van der Waals surface area contributed by atoms with Crippen LogP contribution in [-0.2, 0) is 4.79 Å². The van der Waals surface area contributed by atoms with Crippen LogP contribution in [-0.4, -0.2) is 73.7 Å². The van der Waals surface area contributed by atoms with Crippen LogP contribution in [0.15, 0.2) is 6.33 Å². The summed E-state index contributed by atoms with van der Waals surface area (Å²) < 4.78 is 0. The molecule has 1 saturated carbocycles. The van der Waals surface area contributed by atoms with Gasteiger partial charge >= 0.3 is 0 Å². The molecular weight excluding hydrogens is 310 g/mol. The average Bonchev–Trinajstić information content (AvgIpc) is 3.31. The van der Waals surface area contributed by atoms with Crippen LogP contribution in [0.1, 0.15) is 42.7 Å². The summed E-state index contributed by atoms with van der Waals surface area (Å²) in [7, 11) is 0. The van der Waals surface area contributed by atoms with Gasteiger partial charge in [0.2, 0.25) is 11.7 Å². The molecule has 1 aromatic heterocycles. The van der Waals surface area contributed by atoms with Gasteiger partial charge in [-0.3, -0.25) is 14.7 Å². The molecule has 0 radical (unpaired) electrons. The maximum absolute atomic E-state index is 12.9. The number of nitrogens with zero attached hydrogens (tertiary/aromatic N) is 4. The zero-order valence-electron chi connectivity index (χ0n) is 13.6. The first-order chi connectivity index (χ1) is 11.6. The molecule has 24 heavy (non-hydrogen) atoms. The van der Waals surface area contributed by atoms with Crippen molar-refractivity contribution in [1.82, 2.24) is 25.0 Å². The van der Waals surface area contributed by atoms with Crippen molar-refractivity contribution in [3.8, 4) is 0 Å². The number of amides is 2. The Bertz CT molecular complexity index is 611. The molecule has 1 aromatic rings. The van der Waals surface area contributed by atoms with Gasteiger partial charge in [0.05, 0.1) is 12.1 Å². The molecule has 2 N–H and O–H groups in total. The zero-order valence-corrected chi connectivity index (χ0v) is 13.6. The van der Waals surface area contributed by atoms with E-state index in [2.05, 4.69) is 15.2 Å². The molecule has 3 fully saturated rings. The Balaban J connectivity index is 1.41. The van der Waals surface area contributed by atoms with E-state index in [0.717, 1.165) is 25.8 Å². The second-order valence-corrected chi connectivity index (χ2v) is 7.20. The van der Waals surface area contributed by atoms with E-state index in [1.54, 1.807) is 4.90 Å². The third-order valence-corrected chi connectivity index (χ3v) is 5.78. The van der Waals surface area contributed by atoms with E-state index in [9.17, 15) is 14.7 Å². The number of likely N-dealkylation sites (tertiary alicyclic amines) is 2. The van der Waals surface area contributed by atoms with E-state index >= 15 is 0 Å². The standard InChI is InChI=1S/C16H23N5O3/c22-12-3-1-10(2-4-12)15(23)21-6-5-11-7-20(8-13(11)21)16(24)14-17-9-18-19-14/h9-13,22H,1-8H2,(H,17,18,19)/t10?,11-,12?,13+/m0/s1. The highest BCUT2D eigenvalue weighted by Crippen LogP contribution is 2.35. The second kappa shape index (κ2) is 6.16. The number of aromatic amines is 1. The highest BCUT2D eigenvalue weighted by molar-refractivity contribution is 5.90. The molecule has 2 aliphatic heterocycles. The zero-order chi connectivity index (χ0) is 16.7. The average molecular weight is 333 g/mol. The number of carbonyl (C=O) groups is 2. The minimum absolute atomic E-state index is 0.0335. The number of aliphatic hydroxyl groups excluding tert-OH is 1. The molecule has 0 spiro atoms. The summed E-state index contributed by atoms with van der Waals surface area (Å²) in [5.41, 5.74) is 0. The van der Waals surface area contributed by atoms with E-state index in [1.807, 2.05) is 4.90 Å². The molecular formula is C16H23N5O3. The van der Waals surface area contributed by atoms with Crippen molar-refractivity contribution in [3.63, 3.8) is 0 Å². The Morgan fingerprint density at radius 1 is 1.17 bits per heavy atom. The lowest BCUT2D eigenvalue weighted by molar-refractivity contribution is -0.138. The van der Waals surface area contributed by atoms with Crippen molar-refractivity contribution < 1.29 is 14.7 Å². The van der Waals surface area contributed by atoms with Crippen molar-refractivity contribution in [2.45, 2.75) is 44.2 Å². The third kappa shape index (κ3) is 2.68. The van der Waals surface area contributed by atoms with Crippen molar-refractivity contribution in [3.05, 3.63) is 12.2 Å². The molecule has 8 nitrogen and oxygen atoms in total. The minimum Gasteiger partial charge on any atom is -0.393 e. The van der Waals surface area contributed by atoms with Crippen LogP contribution in [0.3, 0.4) is 0 Å². The van der Waals surface area contributed by atoms with Crippen molar-refractivity contribution in [2.75, 3.05) is 19.6 Å². The fourth-order valence-electron chi connectivity index (χ4n) is 4.42. The monoisotopic (exact) mass is 333 g/mol. The lowest BCUT2D eigenvalue weighted by Gasteiger charge is -2.31. The Hall–Kier alpha value is -1.96. The van der Waals surface area contributed by atoms with E-state index < -0.39 is 0 Å². The summed E-state index contributed by atoms with van der Waals surface area (Å²) in [5, 5.41) is 16.0. The van der Waals surface area contributed by atoms with Gasteiger partial charge in [0, 0.05) is 31.5 Å². The molecule has 2 atom stereocenters. The minimum atomic E-state index is -0.248. The summed E-state index contributed by atoms with van der Waals surface area (Å²) in [6, 6.07) is 0.122. The fourth-order valence-corrected chi connectivity index (χ4v) is 4.42. The number of hydrogen-bond acceptors (Lipinski definition) is 5. The van der Waals surface area contributed by atoms with Crippen LogP contribution in [0, 0.1) is 11.8 Å². The molecule has 0 unspecified atom stereocenters. The SMILES string of the molecule is O=C(c1ncn[nH]1)N1C[C@@H]2CCN(C(=O)C3CCC(O)CC3)[C@@H]2C1. The van der Waals surface area contributed by atoms with Gasteiger partial charge in [-0.25, -0.2) is 4.98 Å². The number of aliphatic hydroxyl groups is 1. The van der Waals surface area contributed by atoms with Crippen LogP contribution in [0.4, 0.5) is 0 Å². The summed E-state index contributed by atoms with van der Waals surface area (Å²) in [6.45, 7) is 2.04. The lowest BCUT2D eigenvalue weighted by Crippen LogP contribution is -2.44. The number of fused-ring (bicyclic) bond motifs is 1. The fraction of sp³-hybridized carbons (Fsp3) is 0.750. The Kier molecular flexibility index (Phi) is 3.99. The maximum atomic E-state index is 12.9. The summed E-state index contributed by atoms with van der Waals surface area (Å²) in [6.07, 6.45) is 5.01. The molecule has 0 bridgehead atoms. The van der Waals surface area contributed by atoms with Gasteiger partial charge in [0.1, 0.15) is 6.33 Å². The quantitative estimate of drug-likeness (QED) is 0.795. The number of carbonyl (C=O) groups excluding carboxylic acids is 2. The molecule has 3 aliphatic rings. The van der Waals surface area contributed by atoms with Gasteiger partial charge in [-0.05, 0) is 32.1 Å². The molecule has 2 saturated heterocycles. The number of aromatic nitrogens is 3. The number of nitrogens with one attached hydrogen (secondary N) is 1. The first-order valence-corrected chi connectivity index (χ1v) is 8.76. The summed E-state index contributed by atoms with van der Waals surface area (Å²) >= 11 is 0. The first-order valence-electron chi connectivity index (χ1n) is 8.76. The largest absolute Gasteiger partial charge is 0.393 e. The highest BCUT2D eigenvalue weighted by Gasteiger charge is 2.46. The Morgan fingerprint density at radius 3 is 2.67 bits per heavy atom. The summed E-state index contributed by atoms with van der Waals surface area (Å²) in [4.78, 5) is 33.0. The van der Waals surface area contributed by atoms with Crippen LogP contribution in [0.5, 0.6) is 0 Å². The molecule has 8 heteroatoms. The van der Waals surface area contributed by atoms with Gasteiger partial charge < -0.3 is 14.9 Å². The van der Waals surface area contributed by atoms with Crippen LogP contribution in [0.25, 0.3) is 0 Å². The molecule has 130 valence electrons. The van der Waals surface area contributed by atoms with Crippen LogP contribution < -0.4 is 0 Å². The molecule has 0 aromatic carbocycles. The van der Waals surface area contributed by atoms with Crippen LogP contribution >= 0.6 is 0 Å². The highest BCUT2D eigenvalue weighted by atomic mass is 16.3. The van der Waals surface area contributed by atoms with E-state index in [4.69, 9.17) is 0 Å². The third-order valence-electron chi connectivity index (χ3n) is 5.78. The van der Waals surface area contributed by atoms with E-state index in [0.29, 0.717) is 31.8 Å². The van der Waals surface area contributed by atoms with Gasteiger partial charge in [-0.15, -0.1) is 0 Å². The predicted molar refractivity (Wildman–Crippen MR) is 83.9 cm³/mol. The summed E-state index contributed by atoms with van der Waals surface area (Å²) in [5.74, 6) is 0.716. The molecule has 1 aliphatic carbocycles. The molecule has 4 rings (SSSR count). The number of hydrogen-bond donors (Lipinski definition) is 2. The number of rotatable bonds is 2. The second-order valence-electron chi connectivity index (χ2n) is 7.20.